The summed E-state index contributed by atoms with van der Waals surface area (Å²) in [7, 11) is 0. The molecule has 0 bridgehead atoms. The van der Waals surface area contributed by atoms with E-state index in [1.165, 1.54) is 46.7 Å². The molecule has 2 heterocycles. The average Bonchev–Trinajstić information content (AvgIpc) is 3.30. The van der Waals surface area contributed by atoms with Crippen molar-refractivity contribution in [1.29, 1.82) is 0 Å². The van der Waals surface area contributed by atoms with Crippen molar-refractivity contribution in [2.75, 3.05) is 4.90 Å². The van der Waals surface area contributed by atoms with Gasteiger partial charge in [-0.05, 0) is 17.7 Å². The van der Waals surface area contributed by atoms with Gasteiger partial charge in [-0.25, -0.2) is 9.37 Å². The van der Waals surface area contributed by atoms with Crippen LogP contribution in [0.5, 0.6) is 0 Å². The molecule has 4 rings (SSSR count). The molecule has 1 aromatic heterocycles. The number of nitrogens with zero attached hydrogens (tertiary/aromatic N) is 2. The highest BCUT2D eigenvalue weighted by Crippen LogP contribution is 2.42. The molecule has 2 aromatic carbocycles. The van der Waals surface area contributed by atoms with Crippen molar-refractivity contribution >= 4 is 46.3 Å². The van der Waals surface area contributed by atoms with Crippen LogP contribution in [-0.4, -0.2) is 21.8 Å². The summed E-state index contributed by atoms with van der Waals surface area (Å²) in [6.45, 7) is 0. The van der Waals surface area contributed by atoms with Gasteiger partial charge < -0.3 is 5.11 Å². The van der Waals surface area contributed by atoms with E-state index in [0.29, 0.717) is 16.3 Å². The summed E-state index contributed by atoms with van der Waals surface area (Å²) < 4.78 is 13.4. The minimum absolute atomic E-state index is 0. The minimum atomic E-state index is -0.892. The zero-order valence-electron chi connectivity index (χ0n) is 14.3. The predicted octanol–water partition coefficient (Wildman–Crippen LogP) is 4.33. The molecule has 1 fully saturated rings. The van der Waals surface area contributed by atoms with Gasteiger partial charge in [0, 0.05) is 17.1 Å². The molecule has 142 valence electrons. The molecule has 28 heavy (non-hydrogen) atoms. The molecule has 0 aliphatic carbocycles. The van der Waals surface area contributed by atoms with Crippen LogP contribution in [0.25, 0.3) is 5.76 Å². The number of aliphatic hydroxyl groups is 1. The second-order valence-electron chi connectivity index (χ2n) is 5.90. The Labute approximate surface area is 170 Å². The van der Waals surface area contributed by atoms with Crippen molar-refractivity contribution in [3.8, 4) is 0 Å². The monoisotopic (exact) mass is 416 g/mol. The average molecular weight is 417 g/mol. The van der Waals surface area contributed by atoms with E-state index in [2.05, 4.69) is 4.98 Å². The summed E-state index contributed by atoms with van der Waals surface area (Å²) >= 11 is 1.20. The van der Waals surface area contributed by atoms with Crippen LogP contribution in [-0.2, 0) is 9.59 Å². The van der Waals surface area contributed by atoms with E-state index in [9.17, 15) is 19.1 Å². The zero-order chi connectivity index (χ0) is 19.0. The van der Waals surface area contributed by atoms with Gasteiger partial charge in [0.25, 0.3) is 5.78 Å². The van der Waals surface area contributed by atoms with Crippen LogP contribution in [0.3, 0.4) is 0 Å². The van der Waals surface area contributed by atoms with Crippen LogP contribution in [0.4, 0.5) is 9.52 Å². The molecule has 5 nitrogen and oxygen atoms in total. The van der Waals surface area contributed by atoms with Crippen LogP contribution in [0, 0.1) is 5.82 Å². The van der Waals surface area contributed by atoms with Crippen molar-refractivity contribution in [1.82, 2.24) is 4.98 Å². The van der Waals surface area contributed by atoms with Gasteiger partial charge in [0.2, 0.25) is 0 Å². The predicted molar refractivity (Wildman–Crippen MR) is 107 cm³/mol. The van der Waals surface area contributed by atoms with Crippen LogP contribution < -0.4 is 4.90 Å². The number of carbonyl (C=O) groups excluding carboxylic acids is 2. The second kappa shape index (κ2) is 7.92. The van der Waals surface area contributed by atoms with E-state index >= 15 is 0 Å². The van der Waals surface area contributed by atoms with Gasteiger partial charge >= 0.3 is 5.91 Å². The molecule has 1 N–H and O–H groups in total. The third kappa shape index (κ3) is 3.30. The van der Waals surface area contributed by atoms with Gasteiger partial charge in [0.1, 0.15) is 11.6 Å². The summed E-state index contributed by atoms with van der Waals surface area (Å²) in [6.07, 6.45) is 1.53. The third-order valence-corrected chi connectivity index (χ3v) is 5.07. The van der Waals surface area contributed by atoms with Gasteiger partial charge in [-0.2, -0.15) is 0 Å². The topological polar surface area (TPSA) is 70.5 Å². The largest absolute Gasteiger partial charge is 0.507 e. The number of amides is 1. The molecule has 1 amide bonds. The number of benzene rings is 2. The summed E-state index contributed by atoms with van der Waals surface area (Å²) in [4.78, 5) is 30.9. The summed E-state index contributed by atoms with van der Waals surface area (Å²) in [6, 6.07) is 13.1. The van der Waals surface area contributed by atoms with Crippen LogP contribution in [0.15, 0.2) is 71.7 Å². The fourth-order valence-electron chi connectivity index (χ4n) is 3.08. The Morgan fingerprint density at radius 1 is 1.07 bits per heavy atom. The normalized spacial score (nSPS) is 18.2. The van der Waals surface area contributed by atoms with Gasteiger partial charge in [0.05, 0.1) is 11.6 Å². The standard InChI is InChI=1S/C20H13FN2O3S.ClH/c21-14-8-6-12(7-9-14)16-15(17(24)13-4-2-1-3-5-13)18(25)19(26)23(16)20-22-10-11-27-20;/h1-11,16,24H;1H. The molecule has 1 saturated heterocycles. The fourth-order valence-corrected chi connectivity index (χ4v) is 3.74. The number of rotatable bonds is 3. The maximum atomic E-state index is 13.4. The molecule has 0 radical (unpaired) electrons. The highest BCUT2D eigenvalue weighted by molar-refractivity contribution is 7.14. The summed E-state index contributed by atoms with van der Waals surface area (Å²) in [5.74, 6) is -2.30. The number of ketones is 1. The van der Waals surface area contributed by atoms with Crippen LogP contribution in [0.2, 0.25) is 0 Å². The van der Waals surface area contributed by atoms with E-state index < -0.39 is 23.5 Å². The van der Waals surface area contributed by atoms with Crippen molar-refractivity contribution in [3.05, 3.63) is 88.7 Å². The number of hydrogen-bond acceptors (Lipinski definition) is 5. The first kappa shape index (κ1) is 19.7. The van der Waals surface area contributed by atoms with E-state index in [-0.39, 0.29) is 23.7 Å². The van der Waals surface area contributed by atoms with Gasteiger partial charge in [-0.1, -0.05) is 42.5 Å². The molecular weight excluding hydrogens is 403 g/mol. The van der Waals surface area contributed by atoms with E-state index in [1.807, 2.05) is 0 Å². The molecule has 1 aliphatic heterocycles. The highest BCUT2D eigenvalue weighted by Gasteiger charge is 2.47. The van der Waals surface area contributed by atoms with Crippen LogP contribution >= 0.6 is 23.7 Å². The second-order valence-corrected chi connectivity index (χ2v) is 6.77. The molecule has 0 saturated carbocycles. The van der Waals surface area contributed by atoms with Crippen molar-refractivity contribution in [3.63, 3.8) is 0 Å². The molecule has 1 atom stereocenters. The summed E-state index contributed by atoms with van der Waals surface area (Å²) in [5, 5.41) is 12.8. The maximum Gasteiger partial charge on any atom is 0.301 e. The Balaban J connectivity index is 0.00000225. The Kier molecular flexibility index (Phi) is 5.58. The Morgan fingerprint density at radius 2 is 1.75 bits per heavy atom. The first-order chi connectivity index (χ1) is 13.1. The first-order valence-electron chi connectivity index (χ1n) is 8.09. The number of hydrogen-bond donors (Lipinski definition) is 1. The lowest BCUT2D eigenvalue weighted by atomic mass is 9.95. The number of carbonyl (C=O) groups is 2. The quantitative estimate of drug-likeness (QED) is 0.392. The van der Waals surface area contributed by atoms with Gasteiger partial charge in [-0.15, -0.1) is 23.7 Å². The SMILES string of the molecule is Cl.O=C1C(=O)N(c2nccs2)C(c2ccc(F)cc2)C1=C(O)c1ccccc1. The van der Waals surface area contributed by atoms with Crippen molar-refractivity contribution in [2.45, 2.75) is 6.04 Å². The third-order valence-electron chi connectivity index (χ3n) is 4.30. The van der Waals surface area contributed by atoms with Crippen LogP contribution in [0.1, 0.15) is 17.2 Å². The maximum absolute atomic E-state index is 13.4. The first-order valence-corrected chi connectivity index (χ1v) is 8.97. The zero-order valence-corrected chi connectivity index (χ0v) is 15.9. The Morgan fingerprint density at radius 3 is 2.36 bits per heavy atom. The van der Waals surface area contributed by atoms with E-state index in [1.54, 1.807) is 35.7 Å². The molecule has 0 spiro atoms. The lowest BCUT2D eigenvalue weighted by molar-refractivity contribution is -0.132. The fraction of sp³-hybridized carbons (Fsp3) is 0.0500. The lowest BCUT2D eigenvalue weighted by Crippen LogP contribution is -2.29. The highest BCUT2D eigenvalue weighted by atomic mass is 35.5. The van der Waals surface area contributed by atoms with Gasteiger partial charge in [0.15, 0.2) is 5.13 Å². The number of anilines is 1. The van der Waals surface area contributed by atoms with Crippen molar-refractivity contribution in [2.24, 2.45) is 0 Å². The molecule has 3 aromatic rings. The number of aliphatic hydroxyl groups excluding tert-OH is 1. The number of aromatic nitrogens is 1. The Hall–Kier alpha value is -3.03. The van der Waals surface area contributed by atoms with Crippen molar-refractivity contribution < 1.29 is 19.1 Å². The smallest absolute Gasteiger partial charge is 0.301 e. The van der Waals surface area contributed by atoms with E-state index in [0.717, 1.165) is 0 Å². The molecule has 1 aliphatic rings. The van der Waals surface area contributed by atoms with E-state index in [4.69, 9.17) is 0 Å². The minimum Gasteiger partial charge on any atom is -0.507 e. The number of halogens is 2. The lowest BCUT2D eigenvalue weighted by Gasteiger charge is -2.22. The molecule has 1 unspecified atom stereocenters. The summed E-state index contributed by atoms with van der Waals surface area (Å²) in [5.41, 5.74) is 0.873. The molecular formula is C20H14ClFN2O3S. The number of Topliss-reactive ketones (excluding diaryl/α,β-unsaturated/α-hetero) is 1. The molecule has 8 heteroatoms. The van der Waals surface area contributed by atoms with Gasteiger partial charge in [-0.3, -0.25) is 14.5 Å². The number of thiazole rings is 1. The Bertz CT molecular complexity index is 1040.